The highest BCUT2D eigenvalue weighted by atomic mass is 16.4. The van der Waals surface area contributed by atoms with Crippen LogP contribution in [-0.4, -0.2) is 32.8 Å². The van der Waals surface area contributed by atoms with Crippen LogP contribution in [0.4, 0.5) is 0 Å². The molecule has 1 aliphatic rings. The summed E-state index contributed by atoms with van der Waals surface area (Å²) in [6.07, 6.45) is 4.43. The zero-order chi connectivity index (χ0) is 14.9. The van der Waals surface area contributed by atoms with E-state index in [-0.39, 0.29) is 23.2 Å². The molecule has 1 heterocycles. The highest BCUT2D eigenvalue weighted by molar-refractivity contribution is 6.03. The maximum Gasteiger partial charge on any atom is 0.339 e. The van der Waals surface area contributed by atoms with Gasteiger partial charge in [-0.05, 0) is 18.3 Å². The van der Waals surface area contributed by atoms with Crippen LogP contribution in [0.2, 0.25) is 0 Å². The van der Waals surface area contributed by atoms with Crippen molar-refractivity contribution in [2.24, 2.45) is 18.9 Å². The van der Waals surface area contributed by atoms with Crippen molar-refractivity contribution >= 4 is 11.9 Å². The second-order valence-electron chi connectivity index (χ2n) is 5.68. The number of amides is 1. The van der Waals surface area contributed by atoms with E-state index in [2.05, 4.69) is 24.3 Å². The molecule has 0 aromatic carbocycles. The van der Waals surface area contributed by atoms with Crippen molar-refractivity contribution in [3.05, 3.63) is 17.5 Å². The van der Waals surface area contributed by atoms with Crippen molar-refractivity contribution in [3.63, 3.8) is 0 Å². The van der Waals surface area contributed by atoms with E-state index in [0.29, 0.717) is 11.8 Å². The van der Waals surface area contributed by atoms with Crippen LogP contribution in [0, 0.1) is 11.8 Å². The lowest BCUT2D eigenvalue weighted by atomic mass is 9.78. The topological polar surface area (TPSA) is 84.2 Å². The zero-order valence-corrected chi connectivity index (χ0v) is 12.1. The van der Waals surface area contributed by atoms with E-state index in [1.165, 1.54) is 17.3 Å². The number of aromatic carboxylic acids is 1. The average Bonchev–Trinajstić information content (AvgIpc) is 2.77. The number of nitrogens with zero attached hydrogens (tertiary/aromatic N) is 2. The third-order valence-electron chi connectivity index (χ3n) is 4.41. The van der Waals surface area contributed by atoms with Crippen LogP contribution >= 0.6 is 0 Å². The molecule has 1 saturated carbocycles. The van der Waals surface area contributed by atoms with Gasteiger partial charge in [-0.3, -0.25) is 9.48 Å². The smallest absolute Gasteiger partial charge is 0.339 e. The van der Waals surface area contributed by atoms with Crippen LogP contribution in [0.25, 0.3) is 0 Å². The summed E-state index contributed by atoms with van der Waals surface area (Å²) in [4.78, 5) is 23.5. The quantitative estimate of drug-likeness (QED) is 0.881. The molecule has 0 radical (unpaired) electrons. The number of rotatable bonds is 3. The Balaban J connectivity index is 2.16. The summed E-state index contributed by atoms with van der Waals surface area (Å²) >= 11 is 0. The Labute approximate surface area is 118 Å². The van der Waals surface area contributed by atoms with Gasteiger partial charge >= 0.3 is 5.97 Å². The first-order valence-electron chi connectivity index (χ1n) is 6.98. The summed E-state index contributed by atoms with van der Waals surface area (Å²) in [5.74, 6) is -0.518. The van der Waals surface area contributed by atoms with Gasteiger partial charge in [-0.25, -0.2) is 4.79 Å². The number of hydrogen-bond donors (Lipinski definition) is 2. The standard InChI is InChI=1S/C14H21N3O3/c1-8-5-4-6-11(9(8)2)16-13(18)12-10(14(19)20)7-15-17(12)3/h7-9,11H,4-6H2,1-3H3,(H,16,18)(H,19,20). The van der Waals surface area contributed by atoms with Gasteiger partial charge < -0.3 is 10.4 Å². The van der Waals surface area contributed by atoms with Gasteiger partial charge in [0.2, 0.25) is 0 Å². The first-order chi connectivity index (χ1) is 9.41. The van der Waals surface area contributed by atoms with Gasteiger partial charge in [0.05, 0.1) is 6.20 Å². The molecule has 0 spiro atoms. The van der Waals surface area contributed by atoms with Crippen molar-refractivity contribution in [3.8, 4) is 0 Å². The van der Waals surface area contributed by atoms with Crippen LogP contribution in [-0.2, 0) is 7.05 Å². The van der Waals surface area contributed by atoms with Crippen LogP contribution in [0.3, 0.4) is 0 Å². The molecule has 1 amide bonds. The van der Waals surface area contributed by atoms with Gasteiger partial charge in [0.25, 0.3) is 5.91 Å². The summed E-state index contributed by atoms with van der Waals surface area (Å²) in [6, 6.07) is 0.0998. The molecule has 2 N–H and O–H groups in total. The molecule has 3 atom stereocenters. The Morgan fingerprint density at radius 2 is 2.10 bits per heavy atom. The molecule has 1 aliphatic carbocycles. The van der Waals surface area contributed by atoms with Crippen molar-refractivity contribution in [1.29, 1.82) is 0 Å². The van der Waals surface area contributed by atoms with Gasteiger partial charge in [0.15, 0.2) is 0 Å². The molecule has 2 rings (SSSR count). The molecule has 1 aromatic rings. The molecule has 0 aliphatic heterocycles. The van der Waals surface area contributed by atoms with E-state index in [9.17, 15) is 9.59 Å². The molecule has 20 heavy (non-hydrogen) atoms. The number of carboxylic acids is 1. The number of hydrogen-bond acceptors (Lipinski definition) is 3. The molecule has 6 nitrogen and oxygen atoms in total. The molecule has 0 saturated heterocycles. The molecule has 3 unspecified atom stereocenters. The second-order valence-corrected chi connectivity index (χ2v) is 5.68. The summed E-state index contributed by atoms with van der Waals surface area (Å²) < 4.78 is 1.32. The lowest BCUT2D eigenvalue weighted by Gasteiger charge is -2.34. The molecular weight excluding hydrogens is 258 g/mol. The average molecular weight is 279 g/mol. The fraction of sp³-hybridized carbons (Fsp3) is 0.643. The maximum atomic E-state index is 12.3. The fourth-order valence-corrected chi connectivity index (χ4v) is 2.89. The highest BCUT2D eigenvalue weighted by Gasteiger charge is 2.30. The maximum absolute atomic E-state index is 12.3. The minimum absolute atomic E-state index is 0.0542. The van der Waals surface area contributed by atoms with Crippen molar-refractivity contribution in [1.82, 2.24) is 15.1 Å². The first kappa shape index (κ1) is 14.6. The molecule has 0 bridgehead atoms. The summed E-state index contributed by atoms with van der Waals surface area (Å²) in [7, 11) is 1.58. The predicted octanol–water partition coefficient (Wildman–Crippen LogP) is 1.67. The van der Waals surface area contributed by atoms with Crippen molar-refractivity contribution < 1.29 is 14.7 Å². The van der Waals surface area contributed by atoms with E-state index < -0.39 is 5.97 Å². The van der Waals surface area contributed by atoms with Crippen LogP contribution in [0.1, 0.15) is 54.0 Å². The number of carbonyl (C=O) groups is 2. The van der Waals surface area contributed by atoms with E-state index >= 15 is 0 Å². The Morgan fingerprint density at radius 3 is 2.75 bits per heavy atom. The number of aromatic nitrogens is 2. The van der Waals surface area contributed by atoms with E-state index in [0.717, 1.165) is 12.8 Å². The van der Waals surface area contributed by atoms with Gasteiger partial charge in [-0.1, -0.05) is 26.7 Å². The Hall–Kier alpha value is -1.85. The Morgan fingerprint density at radius 1 is 1.40 bits per heavy atom. The third-order valence-corrected chi connectivity index (χ3v) is 4.41. The van der Waals surface area contributed by atoms with Gasteiger partial charge in [-0.2, -0.15) is 5.10 Å². The van der Waals surface area contributed by atoms with Crippen LogP contribution in [0.5, 0.6) is 0 Å². The molecular formula is C14H21N3O3. The van der Waals surface area contributed by atoms with E-state index in [1.807, 2.05) is 0 Å². The largest absolute Gasteiger partial charge is 0.478 e. The predicted molar refractivity (Wildman–Crippen MR) is 73.6 cm³/mol. The normalized spacial score (nSPS) is 26.2. The lowest BCUT2D eigenvalue weighted by molar-refractivity contribution is 0.0688. The molecule has 1 fully saturated rings. The second kappa shape index (κ2) is 5.64. The van der Waals surface area contributed by atoms with E-state index in [1.54, 1.807) is 7.05 Å². The minimum atomic E-state index is -1.13. The Bertz CT molecular complexity index is 524. The molecule has 6 heteroatoms. The SMILES string of the molecule is CC1CCCC(NC(=O)c2c(C(=O)O)cnn2C)C1C. The molecule has 110 valence electrons. The molecule has 1 aromatic heterocycles. The van der Waals surface area contributed by atoms with Gasteiger partial charge in [0, 0.05) is 13.1 Å². The van der Waals surface area contributed by atoms with Crippen LogP contribution in [0.15, 0.2) is 6.20 Å². The highest BCUT2D eigenvalue weighted by Crippen LogP contribution is 2.29. The van der Waals surface area contributed by atoms with Crippen molar-refractivity contribution in [2.45, 2.75) is 39.2 Å². The number of nitrogens with one attached hydrogen (secondary N) is 1. The summed E-state index contributed by atoms with van der Waals surface area (Å²) in [6.45, 7) is 4.33. The zero-order valence-electron chi connectivity index (χ0n) is 12.1. The monoisotopic (exact) mass is 279 g/mol. The summed E-state index contributed by atoms with van der Waals surface area (Å²) in [5, 5.41) is 15.9. The summed E-state index contributed by atoms with van der Waals surface area (Å²) in [5.41, 5.74) is 0.0597. The van der Waals surface area contributed by atoms with E-state index in [4.69, 9.17) is 5.11 Å². The minimum Gasteiger partial charge on any atom is -0.478 e. The number of carbonyl (C=O) groups excluding carboxylic acids is 1. The van der Waals surface area contributed by atoms with Crippen LogP contribution < -0.4 is 5.32 Å². The number of carboxylic acid groups (broad SMARTS) is 1. The lowest BCUT2D eigenvalue weighted by Crippen LogP contribution is -2.44. The van der Waals surface area contributed by atoms with Gasteiger partial charge in [0.1, 0.15) is 11.3 Å². The Kier molecular flexibility index (Phi) is 4.11. The fourth-order valence-electron chi connectivity index (χ4n) is 2.89. The van der Waals surface area contributed by atoms with Gasteiger partial charge in [-0.15, -0.1) is 0 Å². The van der Waals surface area contributed by atoms with Crippen molar-refractivity contribution in [2.75, 3.05) is 0 Å². The third kappa shape index (κ3) is 2.69. The number of aryl methyl sites for hydroxylation is 1. The first-order valence-corrected chi connectivity index (χ1v) is 6.98.